The lowest BCUT2D eigenvalue weighted by atomic mass is 9.57. The largest absolute Gasteiger partial charge is 0.444 e. The summed E-state index contributed by atoms with van der Waals surface area (Å²) in [7, 11) is 0. The molecule has 5 rings (SSSR count). The van der Waals surface area contributed by atoms with Gasteiger partial charge in [-0.05, 0) is 58.9 Å². The molecule has 2 atom stereocenters. The summed E-state index contributed by atoms with van der Waals surface area (Å²) in [5.74, 6) is -0.953. The van der Waals surface area contributed by atoms with Crippen LogP contribution in [0.5, 0.6) is 0 Å². The first-order valence-electron chi connectivity index (χ1n) is 14.3. The monoisotopic (exact) mass is 543 g/mol. The number of hydrogen-bond donors (Lipinski definition) is 1. The lowest BCUT2D eigenvalue weighted by Crippen LogP contribution is -2.60. The fourth-order valence-electron chi connectivity index (χ4n) is 6.74. The van der Waals surface area contributed by atoms with Gasteiger partial charge in [-0.15, -0.1) is 0 Å². The Morgan fingerprint density at radius 2 is 1.82 bits per heavy atom. The summed E-state index contributed by atoms with van der Waals surface area (Å²) in [5.41, 5.74) is -0.578. The highest BCUT2D eigenvalue weighted by molar-refractivity contribution is 6.14. The third-order valence-electron chi connectivity index (χ3n) is 8.50. The van der Waals surface area contributed by atoms with Crippen LogP contribution in [0.3, 0.4) is 0 Å². The Balaban J connectivity index is 1.34. The molecule has 3 heterocycles. The summed E-state index contributed by atoms with van der Waals surface area (Å²) in [4.78, 5) is 39.7. The average molecular weight is 544 g/mol. The Morgan fingerprint density at radius 1 is 1.08 bits per heavy atom. The van der Waals surface area contributed by atoms with Crippen LogP contribution in [0.15, 0.2) is 17.4 Å². The van der Waals surface area contributed by atoms with Crippen molar-refractivity contribution in [1.29, 1.82) is 0 Å². The fraction of sp³-hybridized carbons (Fsp3) is 0.750. The van der Waals surface area contributed by atoms with Crippen LogP contribution in [0.25, 0.3) is 0 Å². The third kappa shape index (κ3) is 5.35. The van der Waals surface area contributed by atoms with Gasteiger partial charge in [-0.1, -0.05) is 18.0 Å². The van der Waals surface area contributed by atoms with Crippen LogP contribution in [0, 0.1) is 11.3 Å². The molecule has 1 aromatic heterocycles. The molecular formula is C28H41N5O6. The third-order valence-corrected chi connectivity index (χ3v) is 8.50. The minimum absolute atomic E-state index is 0.0334. The van der Waals surface area contributed by atoms with Crippen LogP contribution in [0.4, 0.5) is 10.7 Å². The van der Waals surface area contributed by atoms with Crippen molar-refractivity contribution in [3.05, 3.63) is 18.0 Å². The van der Waals surface area contributed by atoms with Crippen molar-refractivity contribution in [3.63, 3.8) is 0 Å². The molecule has 0 radical (unpaired) electrons. The topological polar surface area (TPSA) is 127 Å². The number of carbonyl (C=O) groups is 2. The number of ether oxygens (including phenoxy) is 3. The predicted octanol–water partition coefficient (Wildman–Crippen LogP) is 3.77. The molecule has 1 N–H and O–H groups in total. The number of rotatable bonds is 3. The van der Waals surface area contributed by atoms with Gasteiger partial charge in [-0.25, -0.2) is 14.8 Å². The van der Waals surface area contributed by atoms with E-state index in [2.05, 4.69) is 10.1 Å². The maximum Gasteiger partial charge on any atom is 0.410 e. The Labute approximate surface area is 229 Å². The fourth-order valence-corrected chi connectivity index (χ4v) is 6.74. The van der Waals surface area contributed by atoms with Gasteiger partial charge in [-0.2, -0.15) is 0 Å². The number of ketones is 1. The van der Waals surface area contributed by atoms with E-state index in [1.54, 1.807) is 17.2 Å². The maximum atomic E-state index is 14.2. The number of fused-ring (bicyclic) bond motifs is 1. The van der Waals surface area contributed by atoms with Crippen LogP contribution < -0.4 is 4.90 Å². The zero-order chi connectivity index (χ0) is 27.7. The van der Waals surface area contributed by atoms with Crippen molar-refractivity contribution in [2.45, 2.75) is 83.5 Å². The smallest absolute Gasteiger partial charge is 0.410 e. The Kier molecular flexibility index (Phi) is 7.83. The Morgan fingerprint density at radius 3 is 2.56 bits per heavy atom. The number of oxime groups is 1. The molecule has 11 nitrogen and oxygen atoms in total. The second-order valence-corrected chi connectivity index (χ2v) is 12.1. The molecule has 2 saturated heterocycles. The van der Waals surface area contributed by atoms with Crippen molar-refractivity contribution in [3.8, 4) is 0 Å². The highest BCUT2D eigenvalue weighted by atomic mass is 16.7. The zero-order valence-electron chi connectivity index (χ0n) is 23.4. The number of carbonyl (C=O) groups excluding carboxylic acids is 2. The second-order valence-electron chi connectivity index (χ2n) is 12.1. The van der Waals surface area contributed by atoms with Gasteiger partial charge in [-0.3, -0.25) is 4.79 Å². The molecule has 2 saturated carbocycles. The number of anilines is 1. The Bertz CT molecular complexity index is 1090. The van der Waals surface area contributed by atoms with Gasteiger partial charge in [0.1, 0.15) is 11.3 Å². The van der Waals surface area contributed by atoms with E-state index >= 15 is 0 Å². The van der Waals surface area contributed by atoms with Crippen LogP contribution in [0.2, 0.25) is 0 Å². The van der Waals surface area contributed by atoms with Crippen molar-refractivity contribution in [2.24, 2.45) is 16.5 Å². The molecule has 2 spiro atoms. The van der Waals surface area contributed by atoms with Crippen LogP contribution >= 0.6 is 0 Å². The molecule has 4 aliphatic rings. The van der Waals surface area contributed by atoms with Crippen molar-refractivity contribution >= 4 is 23.5 Å². The molecule has 1 amide bonds. The van der Waals surface area contributed by atoms with Gasteiger partial charge in [0, 0.05) is 38.8 Å². The quantitative estimate of drug-likeness (QED) is 0.344. The van der Waals surface area contributed by atoms with Crippen molar-refractivity contribution < 1.29 is 29.0 Å². The summed E-state index contributed by atoms with van der Waals surface area (Å²) in [5, 5.41) is 13.8. The summed E-state index contributed by atoms with van der Waals surface area (Å²) in [6.07, 6.45) is 7.52. The van der Waals surface area contributed by atoms with Crippen LogP contribution in [0.1, 0.15) is 77.8 Å². The van der Waals surface area contributed by atoms with E-state index in [-0.39, 0.29) is 17.6 Å². The van der Waals surface area contributed by atoms with Crippen molar-refractivity contribution in [2.75, 3.05) is 44.3 Å². The molecule has 39 heavy (non-hydrogen) atoms. The summed E-state index contributed by atoms with van der Waals surface area (Å²) in [6.45, 7) is 8.83. The van der Waals surface area contributed by atoms with Crippen molar-refractivity contribution in [1.82, 2.24) is 14.9 Å². The molecule has 0 aromatic carbocycles. The van der Waals surface area contributed by atoms with E-state index in [4.69, 9.17) is 19.2 Å². The number of amides is 1. The lowest BCUT2D eigenvalue weighted by Gasteiger charge is -2.52. The number of aromatic nitrogens is 2. The summed E-state index contributed by atoms with van der Waals surface area (Å²) >= 11 is 0. The lowest BCUT2D eigenvalue weighted by molar-refractivity contribution is -0.255. The standard InChI is InChI=1S/C28H41N5O6/c1-26(2,3)39-25(35)33-15-7-14-32(16-17-33)24-29-13-9-21(30-24)22(31-36)20-8-6-11-27(23(20)34)10-4-5-12-28(27)37-18-19-38-28/h9,13,20,36H,4-8,10-12,14-19H2,1-3H3/b31-22-/t20-,27-/m0/s1. The first-order valence-corrected chi connectivity index (χ1v) is 14.3. The van der Waals surface area contributed by atoms with Crippen LogP contribution in [-0.2, 0) is 19.0 Å². The molecule has 2 aliphatic heterocycles. The van der Waals surface area contributed by atoms with Crippen LogP contribution in [-0.4, -0.2) is 88.4 Å². The summed E-state index contributed by atoms with van der Waals surface area (Å²) < 4.78 is 17.9. The molecule has 0 unspecified atom stereocenters. The molecule has 11 heteroatoms. The number of nitrogens with zero attached hydrogens (tertiary/aromatic N) is 5. The highest BCUT2D eigenvalue weighted by Crippen LogP contribution is 2.56. The van der Waals surface area contributed by atoms with E-state index in [9.17, 15) is 14.8 Å². The van der Waals surface area contributed by atoms with E-state index in [0.717, 1.165) is 38.5 Å². The highest BCUT2D eigenvalue weighted by Gasteiger charge is 2.63. The number of Topliss-reactive ketones (excluding diaryl/α,β-unsaturated/α-hetero) is 1. The first kappa shape index (κ1) is 27.8. The molecule has 0 bridgehead atoms. The minimum Gasteiger partial charge on any atom is -0.444 e. The summed E-state index contributed by atoms with van der Waals surface area (Å²) in [6, 6.07) is 1.69. The average Bonchev–Trinajstić information content (AvgIpc) is 3.23. The second kappa shape index (κ2) is 11.0. The van der Waals surface area contributed by atoms with E-state index in [1.807, 2.05) is 25.7 Å². The Hall–Kier alpha value is -2.79. The van der Waals surface area contributed by atoms with Gasteiger partial charge >= 0.3 is 6.09 Å². The van der Waals surface area contributed by atoms with E-state index in [0.29, 0.717) is 63.9 Å². The molecule has 2 aliphatic carbocycles. The van der Waals surface area contributed by atoms with Gasteiger partial charge in [0.25, 0.3) is 0 Å². The predicted molar refractivity (Wildman–Crippen MR) is 143 cm³/mol. The number of hydrogen-bond acceptors (Lipinski definition) is 10. The first-order chi connectivity index (χ1) is 18.7. The van der Waals surface area contributed by atoms with Gasteiger partial charge in [0.15, 0.2) is 11.6 Å². The maximum absolute atomic E-state index is 14.2. The minimum atomic E-state index is -0.871. The van der Waals surface area contributed by atoms with Gasteiger partial charge in [0.05, 0.1) is 30.2 Å². The molecular weight excluding hydrogens is 502 g/mol. The molecule has 4 fully saturated rings. The van der Waals surface area contributed by atoms with E-state index < -0.39 is 22.7 Å². The van der Waals surface area contributed by atoms with Gasteiger partial charge < -0.3 is 29.2 Å². The molecule has 214 valence electrons. The van der Waals surface area contributed by atoms with Gasteiger partial charge in [0.2, 0.25) is 5.95 Å². The zero-order valence-corrected chi connectivity index (χ0v) is 23.4. The van der Waals surface area contributed by atoms with E-state index in [1.165, 1.54) is 0 Å². The molecule has 1 aromatic rings. The normalized spacial score (nSPS) is 28.1. The SMILES string of the molecule is CC(C)(C)OC(=O)N1CCCN(c2nccc(/C(=N\O)[C@@H]3CCC[C@@]4(CCCCC45OCCO5)C3=O)n2)CC1.